The first-order chi connectivity index (χ1) is 14.2. The van der Waals surface area contributed by atoms with Crippen LogP contribution in [-0.2, 0) is 11.3 Å². The number of aliphatic hydroxyl groups is 1. The minimum atomic E-state index is -4.39. The normalized spacial score (nSPS) is 12.5. The van der Waals surface area contributed by atoms with E-state index in [4.69, 9.17) is 9.84 Å². The van der Waals surface area contributed by atoms with Gasteiger partial charge in [0, 0.05) is 13.2 Å². The predicted octanol–water partition coefficient (Wildman–Crippen LogP) is 4.13. The van der Waals surface area contributed by atoms with Gasteiger partial charge in [-0.05, 0) is 39.5 Å². The summed E-state index contributed by atoms with van der Waals surface area (Å²) in [6, 6.07) is 0. The van der Waals surface area contributed by atoms with E-state index < -0.39 is 12.7 Å². The quantitative estimate of drug-likeness (QED) is 0.144. The Balaban J connectivity index is 3.12. The third kappa shape index (κ3) is 9.08. The van der Waals surface area contributed by atoms with E-state index in [9.17, 15) is 13.2 Å². The van der Waals surface area contributed by atoms with Crippen molar-refractivity contribution in [3.8, 4) is 0 Å². The number of allylic oxidation sites excluding steroid dienone is 4. The molecule has 0 aliphatic rings. The van der Waals surface area contributed by atoms with Crippen LogP contribution in [0.2, 0.25) is 0 Å². The molecule has 0 radical (unpaired) electrons. The molecule has 0 amide bonds. The summed E-state index contributed by atoms with van der Waals surface area (Å²) < 4.78 is 43.4. The van der Waals surface area contributed by atoms with Gasteiger partial charge in [-0.2, -0.15) is 18.2 Å². The van der Waals surface area contributed by atoms with Crippen molar-refractivity contribution in [2.45, 2.75) is 39.5 Å². The summed E-state index contributed by atoms with van der Waals surface area (Å²) >= 11 is 0. The largest absolute Gasteiger partial charge is 0.487 e. The molecule has 166 valence electrons. The van der Waals surface area contributed by atoms with Crippen molar-refractivity contribution in [2.24, 2.45) is 4.99 Å². The molecule has 0 bridgehead atoms. The third-order valence-corrected chi connectivity index (χ3v) is 3.83. The number of aliphatic imine (C=N–C) groups is 1. The highest BCUT2D eigenvalue weighted by molar-refractivity contribution is 5.50. The molecule has 0 saturated heterocycles. The second-order valence-corrected chi connectivity index (χ2v) is 6.26. The Morgan fingerprint density at radius 2 is 2.03 bits per heavy atom. The lowest BCUT2D eigenvalue weighted by Gasteiger charge is -2.17. The van der Waals surface area contributed by atoms with E-state index in [1.54, 1.807) is 26.0 Å². The molecule has 1 aromatic heterocycles. The molecule has 1 aromatic rings. The van der Waals surface area contributed by atoms with Gasteiger partial charge in [0.15, 0.2) is 0 Å². The number of hydrogen-bond acceptors (Lipinski definition) is 7. The summed E-state index contributed by atoms with van der Waals surface area (Å²) in [4.78, 5) is 12.1. The molecule has 0 aromatic carbocycles. The van der Waals surface area contributed by atoms with Crippen molar-refractivity contribution in [3.05, 3.63) is 47.5 Å². The van der Waals surface area contributed by atoms with Gasteiger partial charge in [-0.15, -0.1) is 6.58 Å². The molecular weight excluding hydrogens is 399 g/mol. The van der Waals surface area contributed by atoms with Crippen LogP contribution in [-0.4, -0.2) is 47.7 Å². The number of anilines is 2. The number of rotatable bonds is 13. The second-order valence-electron chi connectivity index (χ2n) is 6.26. The van der Waals surface area contributed by atoms with Crippen molar-refractivity contribution in [3.63, 3.8) is 0 Å². The van der Waals surface area contributed by atoms with Gasteiger partial charge in [0.2, 0.25) is 5.95 Å². The summed E-state index contributed by atoms with van der Waals surface area (Å²) in [5, 5.41) is 14.2. The first-order valence-electron chi connectivity index (χ1n) is 9.32. The molecule has 0 spiro atoms. The highest BCUT2D eigenvalue weighted by atomic mass is 19.4. The Morgan fingerprint density at radius 1 is 1.30 bits per heavy atom. The zero-order chi connectivity index (χ0) is 22.6. The van der Waals surface area contributed by atoms with E-state index in [0.717, 1.165) is 0 Å². The molecule has 0 aliphatic carbocycles. The van der Waals surface area contributed by atoms with Crippen LogP contribution in [0.3, 0.4) is 0 Å². The molecule has 30 heavy (non-hydrogen) atoms. The van der Waals surface area contributed by atoms with Crippen LogP contribution in [0.1, 0.15) is 31.0 Å². The summed E-state index contributed by atoms with van der Waals surface area (Å²) in [5.74, 6) is 0.678. The smallest absolute Gasteiger partial charge is 0.405 e. The lowest BCUT2D eigenvalue weighted by molar-refractivity contribution is -0.115. The average Bonchev–Trinajstić information content (AvgIpc) is 2.69. The summed E-state index contributed by atoms with van der Waals surface area (Å²) in [5.41, 5.74) is 1.61. The van der Waals surface area contributed by atoms with Gasteiger partial charge in [-0.1, -0.05) is 12.2 Å². The van der Waals surface area contributed by atoms with Crippen molar-refractivity contribution in [2.75, 3.05) is 30.3 Å². The van der Waals surface area contributed by atoms with Gasteiger partial charge >= 0.3 is 6.18 Å². The molecule has 0 atom stereocenters. The first kappa shape index (κ1) is 25.2. The number of hydrogen-bond donors (Lipinski definition) is 3. The lowest BCUT2D eigenvalue weighted by Crippen LogP contribution is -2.23. The maximum absolute atomic E-state index is 12.5. The van der Waals surface area contributed by atoms with Gasteiger partial charge in [0.25, 0.3) is 0 Å². The maximum atomic E-state index is 12.5. The predicted molar refractivity (Wildman–Crippen MR) is 112 cm³/mol. The minimum absolute atomic E-state index is 0.0345. The Morgan fingerprint density at radius 3 is 2.63 bits per heavy atom. The van der Waals surface area contributed by atoms with Crippen LogP contribution in [0.15, 0.2) is 41.3 Å². The summed E-state index contributed by atoms with van der Waals surface area (Å²) in [6.45, 7) is 9.72. The molecule has 0 saturated carbocycles. The fourth-order valence-electron chi connectivity index (χ4n) is 2.23. The molecule has 0 unspecified atom stereocenters. The average molecular weight is 427 g/mol. The van der Waals surface area contributed by atoms with Gasteiger partial charge in [0.05, 0.1) is 17.0 Å². The standard InChI is InChI=1S/C20H28F3N5O2/c1-5-6-7-9-17(15(3)24-4)30-12-16-14(2)27-19(26-13-20(21,22)23)28-18(16)25-10-8-11-29/h5,7,9,29H,1,4,6,8,10-13H2,2-3H3,(H2,25,26,27,28)/b9-7?,17-15-. The number of ether oxygens (including phenoxy) is 1. The number of halogens is 3. The monoisotopic (exact) mass is 427 g/mol. The zero-order valence-electron chi connectivity index (χ0n) is 17.2. The summed E-state index contributed by atoms with van der Waals surface area (Å²) in [6.07, 6.45) is 2.04. The second kappa shape index (κ2) is 12.6. The zero-order valence-corrected chi connectivity index (χ0v) is 17.2. The van der Waals surface area contributed by atoms with Gasteiger partial charge in [-0.25, -0.2) is 4.98 Å². The fraction of sp³-hybridized carbons (Fsp3) is 0.450. The van der Waals surface area contributed by atoms with E-state index in [0.29, 0.717) is 47.9 Å². The number of aromatic nitrogens is 2. The molecule has 0 aliphatic heterocycles. The van der Waals surface area contributed by atoms with E-state index >= 15 is 0 Å². The third-order valence-electron chi connectivity index (χ3n) is 3.83. The minimum Gasteiger partial charge on any atom is -0.487 e. The molecule has 0 fully saturated rings. The Kier molecular flexibility index (Phi) is 10.6. The van der Waals surface area contributed by atoms with Crippen molar-refractivity contribution < 1.29 is 23.0 Å². The van der Waals surface area contributed by atoms with Crippen LogP contribution in [0, 0.1) is 6.92 Å². The van der Waals surface area contributed by atoms with Crippen molar-refractivity contribution in [1.29, 1.82) is 0 Å². The Bertz CT molecular complexity index is 776. The molecule has 10 heteroatoms. The number of aliphatic hydroxyl groups excluding tert-OH is 1. The molecular formula is C20H28F3N5O2. The Hall–Kier alpha value is -2.88. The number of nitrogens with one attached hydrogen (secondary N) is 2. The Labute approximate surface area is 174 Å². The maximum Gasteiger partial charge on any atom is 0.405 e. The highest BCUT2D eigenvalue weighted by Gasteiger charge is 2.27. The lowest BCUT2D eigenvalue weighted by atomic mass is 10.2. The van der Waals surface area contributed by atoms with Crippen LogP contribution < -0.4 is 10.6 Å². The van der Waals surface area contributed by atoms with Crippen LogP contribution in [0.4, 0.5) is 24.9 Å². The molecule has 1 heterocycles. The van der Waals surface area contributed by atoms with E-state index in [-0.39, 0.29) is 19.2 Å². The van der Waals surface area contributed by atoms with Crippen LogP contribution in [0.25, 0.3) is 0 Å². The molecule has 1 rings (SSSR count). The van der Waals surface area contributed by atoms with Gasteiger partial charge in [0.1, 0.15) is 24.7 Å². The highest BCUT2D eigenvalue weighted by Crippen LogP contribution is 2.23. The topological polar surface area (TPSA) is 91.7 Å². The van der Waals surface area contributed by atoms with E-state index in [1.807, 2.05) is 6.08 Å². The van der Waals surface area contributed by atoms with Crippen LogP contribution >= 0.6 is 0 Å². The van der Waals surface area contributed by atoms with Crippen molar-refractivity contribution in [1.82, 2.24) is 9.97 Å². The molecule has 3 N–H and O–H groups in total. The SMILES string of the molecule is C=CCC=C/C(OCc1c(C)nc(NCC(F)(F)F)nc1NCCCO)=C(\C)N=C. The van der Waals surface area contributed by atoms with Crippen LogP contribution in [0.5, 0.6) is 0 Å². The first-order valence-corrected chi connectivity index (χ1v) is 9.32. The number of nitrogens with zero attached hydrogens (tertiary/aromatic N) is 3. The summed E-state index contributed by atoms with van der Waals surface area (Å²) in [7, 11) is 0. The van der Waals surface area contributed by atoms with Crippen molar-refractivity contribution >= 4 is 18.5 Å². The van der Waals surface area contributed by atoms with Gasteiger partial charge in [-0.3, -0.25) is 4.99 Å². The van der Waals surface area contributed by atoms with E-state index in [2.05, 4.69) is 38.9 Å². The van der Waals surface area contributed by atoms with Gasteiger partial charge < -0.3 is 20.5 Å². The number of aryl methyl sites for hydroxylation is 1. The fourth-order valence-corrected chi connectivity index (χ4v) is 2.23. The number of alkyl halides is 3. The van der Waals surface area contributed by atoms with E-state index in [1.165, 1.54) is 0 Å². The molecule has 7 nitrogen and oxygen atoms in total.